The van der Waals surface area contributed by atoms with Crippen LogP contribution in [-0.2, 0) is 13.1 Å². The van der Waals surface area contributed by atoms with Crippen LogP contribution in [0, 0.1) is 0 Å². The van der Waals surface area contributed by atoms with Gasteiger partial charge in [-0.05, 0) is 29.8 Å². The Morgan fingerprint density at radius 3 is 2.43 bits per heavy atom. The number of rotatable bonds is 8. The molecule has 0 radical (unpaired) electrons. The highest BCUT2D eigenvalue weighted by Crippen LogP contribution is 2.24. The Balaban J connectivity index is 1.26. The summed E-state index contributed by atoms with van der Waals surface area (Å²) >= 11 is 0. The van der Waals surface area contributed by atoms with E-state index in [0.717, 1.165) is 5.56 Å². The van der Waals surface area contributed by atoms with E-state index in [9.17, 15) is 9.59 Å². The Morgan fingerprint density at radius 1 is 0.914 bits per heavy atom. The Morgan fingerprint density at radius 2 is 1.63 bits per heavy atom. The summed E-state index contributed by atoms with van der Waals surface area (Å²) in [6.45, 7) is 1.12. The quantitative estimate of drug-likeness (QED) is 0.376. The van der Waals surface area contributed by atoms with Crippen molar-refractivity contribution < 1.29 is 9.53 Å². The molecule has 0 unspecified atom stereocenters. The summed E-state index contributed by atoms with van der Waals surface area (Å²) in [5, 5.41) is 7.65. The second-order valence-corrected chi connectivity index (χ2v) is 7.94. The molecule has 0 spiro atoms. The van der Waals surface area contributed by atoms with Crippen LogP contribution in [0.5, 0.6) is 11.5 Å². The number of carbonyl (C=O) groups is 1. The molecule has 0 bridgehead atoms. The van der Waals surface area contributed by atoms with Crippen molar-refractivity contribution in [1.82, 2.24) is 24.6 Å². The van der Waals surface area contributed by atoms with Crippen LogP contribution in [0.15, 0.2) is 102 Å². The molecular formula is C27H23N5O3. The molecule has 0 aliphatic heterocycles. The minimum Gasteiger partial charge on any atom is -0.457 e. The molecule has 8 nitrogen and oxygen atoms in total. The highest BCUT2D eigenvalue weighted by molar-refractivity contribution is 5.97. The number of fused-ring (bicyclic) bond motifs is 1. The van der Waals surface area contributed by atoms with E-state index in [1.54, 1.807) is 27.4 Å². The first-order valence-corrected chi connectivity index (χ1v) is 11.2. The molecule has 0 aliphatic carbocycles. The molecular weight excluding hydrogens is 442 g/mol. The maximum atomic E-state index is 12.9. The van der Waals surface area contributed by atoms with Crippen LogP contribution in [-0.4, -0.2) is 31.8 Å². The summed E-state index contributed by atoms with van der Waals surface area (Å²) in [7, 11) is 0. The van der Waals surface area contributed by atoms with Gasteiger partial charge in [-0.1, -0.05) is 60.7 Å². The zero-order valence-electron chi connectivity index (χ0n) is 18.9. The number of nitrogens with zero attached hydrogens (tertiary/aromatic N) is 4. The average molecular weight is 466 g/mol. The lowest BCUT2D eigenvalue weighted by Gasteiger charge is -2.11. The lowest BCUT2D eigenvalue weighted by Crippen LogP contribution is -2.28. The second kappa shape index (κ2) is 10.0. The summed E-state index contributed by atoms with van der Waals surface area (Å²) in [6.07, 6.45) is 3.06. The summed E-state index contributed by atoms with van der Waals surface area (Å²) in [6, 6.07) is 26.1. The van der Waals surface area contributed by atoms with Crippen LogP contribution in [0.4, 0.5) is 0 Å². The molecule has 0 atom stereocenters. The number of amides is 1. The van der Waals surface area contributed by atoms with E-state index >= 15 is 0 Å². The monoisotopic (exact) mass is 465 g/mol. The van der Waals surface area contributed by atoms with Gasteiger partial charge in [-0.15, -0.1) is 0 Å². The van der Waals surface area contributed by atoms with Gasteiger partial charge in [0.15, 0.2) is 5.65 Å². The Hall–Kier alpha value is -4.72. The SMILES string of the molecule is O=C(NCCn1ncc2c(=O)n(Cc3ccccc3)cnc21)c1ccccc1Oc1ccccc1. The number of nitrogens with one attached hydrogen (secondary N) is 1. The minimum atomic E-state index is -0.258. The highest BCUT2D eigenvalue weighted by atomic mass is 16.5. The van der Waals surface area contributed by atoms with Crippen LogP contribution in [0.1, 0.15) is 15.9 Å². The van der Waals surface area contributed by atoms with Gasteiger partial charge in [0, 0.05) is 6.54 Å². The van der Waals surface area contributed by atoms with Crippen molar-refractivity contribution in [3.63, 3.8) is 0 Å². The average Bonchev–Trinajstić information content (AvgIpc) is 3.31. The van der Waals surface area contributed by atoms with E-state index in [2.05, 4.69) is 15.4 Å². The fourth-order valence-corrected chi connectivity index (χ4v) is 3.78. The Labute approximate surface area is 201 Å². The van der Waals surface area contributed by atoms with Crippen molar-refractivity contribution in [2.75, 3.05) is 6.54 Å². The van der Waals surface area contributed by atoms with E-state index in [4.69, 9.17) is 4.74 Å². The maximum Gasteiger partial charge on any atom is 0.264 e. The lowest BCUT2D eigenvalue weighted by molar-refractivity contribution is 0.0949. The van der Waals surface area contributed by atoms with Crippen LogP contribution in [0.25, 0.3) is 11.0 Å². The number of hydrogen-bond donors (Lipinski definition) is 1. The normalized spacial score (nSPS) is 10.9. The van der Waals surface area contributed by atoms with Crippen molar-refractivity contribution in [2.45, 2.75) is 13.1 Å². The van der Waals surface area contributed by atoms with Gasteiger partial charge in [-0.3, -0.25) is 14.2 Å². The molecule has 0 saturated carbocycles. The molecule has 0 fully saturated rings. The number of carbonyl (C=O) groups excluding carboxylic acids is 1. The number of benzene rings is 3. The predicted octanol–water partition coefficient (Wildman–Crippen LogP) is 3.86. The van der Waals surface area contributed by atoms with E-state index in [1.165, 1.54) is 12.5 Å². The fraction of sp³-hybridized carbons (Fsp3) is 0.111. The van der Waals surface area contributed by atoms with Crippen LogP contribution >= 0.6 is 0 Å². The van der Waals surface area contributed by atoms with Crippen molar-refractivity contribution in [3.8, 4) is 11.5 Å². The lowest BCUT2D eigenvalue weighted by atomic mass is 10.2. The second-order valence-electron chi connectivity index (χ2n) is 7.94. The molecule has 2 heterocycles. The highest BCUT2D eigenvalue weighted by Gasteiger charge is 2.14. The van der Waals surface area contributed by atoms with Gasteiger partial charge in [0.05, 0.1) is 24.8 Å². The number of ether oxygens (including phenoxy) is 1. The molecule has 1 N–H and O–H groups in total. The topological polar surface area (TPSA) is 91.0 Å². The first-order chi connectivity index (χ1) is 17.2. The van der Waals surface area contributed by atoms with Crippen molar-refractivity contribution in [2.24, 2.45) is 0 Å². The zero-order valence-corrected chi connectivity index (χ0v) is 18.9. The predicted molar refractivity (Wildman–Crippen MR) is 133 cm³/mol. The number of aromatic nitrogens is 4. The van der Waals surface area contributed by atoms with Crippen LogP contribution in [0.3, 0.4) is 0 Å². The standard InChI is InChI=1S/C27H23N5O3/c33-26(22-13-7-8-14-24(22)35-21-11-5-2-6-12-21)28-15-16-32-25-23(17-30-32)27(34)31(19-29-25)18-20-9-3-1-4-10-20/h1-14,17,19H,15-16,18H2,(H,28,33). The molecule has 0 saturated heterocycles. The third-order valence-electron chi connectivity index (χ3n) is 5.53. The van der Waals surface area contributed by atoms with Crippen LogP contribution < -0.4 is 15.6 Å². The smallest absolute Gasteiger partial charge is 0.264 e. The largest absolute Gasteiger partial charge is 0.457 e. The molecule has 5 aromatic rings. The van der Waals surface area contributed by atoms with Gasteiger partial charge in [0.2, 0.25) is 0 Å². The molecule has 174 valence electrons. The first kappa shape index (κ1) is 22.1. The number of hydrogen-bond acceptors (Lipinski definition) is 5. The van der Waals surface area contributed by atoms with Gasteiger partial charge >= 0.3 is 0 Å². The summed E-state index contributed by atoms with van der Waals surface area (Å²) in [5.41, 5.74) is 1.79. The van der Waals surface area contributed by atoms with Crippen molar-refractivity contribution in [1.29, 1.82) is 0 Å². The number of para-hydroxylation sites is 2. The molecule has 5 rings (SSSR count). The van der Waals surface area contributed by atoms with Crippen molar-refractivity contribution >= 4 is 16.9 Å². The zero-order chi connectivity index (χ0) is 24.0. The van der Waals surface area contributed by atoms with Gasteiger partial charge in [-0.2, -0.15) is 5.10 Å². The van der Waals surface area contributed by atoms with Gasteiger partial charge in [-0.25, -0.2) is 9.67 Å². The van der Waals surface area contributed by atoms with Gasteiger partial charge < -0.3 is 10.1 Å². The van der Waals surface area contributed by atoms with E-state index in [0.29, 0.717) is 47.7 Å². The third kappa shape index (κ3) is 4.96. The van der Waals surface area contributed by atoms with Gasteiger partial charge in [0.25, 0.3) is 11.5 Å². The molecule has 3 aromatic carbocycles. The molecule has 1 amide bonds. The molecule has 2 aromatic heterocycles. The van der Waals surface area contributed by atoms with E-state index < -0.39 is 0 Å². The first-order valence-electron chi connectivity index (χ1n) is 11.2. The van der Waals surface area contributed by atoms with E-state index in [1.807, 2.05) is 66.7 Å². The molecule has 8 heteroatoms. The fourth-order valence-electron chi connectivity index (χ4n) is 3.78. The Kier molecular flexibility index (Phi) is 6.34. The summed E-state index contributed by atoms with van der Waals surface area (Å²) in [4.78, 5) is 30.2. The summed E-state index contributed by atoms with van der Waals surface area (Å²) < 4.78 is 9.07. The van der Waals surface area contributed by atoms with Gasteiger partial charge in [0.1, 0.15) is 23.2 Å². The maximum absolute atomic E-state index is 12.9. The van der Waals surface area contributed by atoms with E-state index in [-0.39, 0.29) is 11.5 Å². The summed E-state index contributed by atoms with van der Waals surface area (Å²) in [5.74, 6) is 0.868. The van der Waals surface area contributed by atoms with Crippen molar-refractivity contribution in [3.05, 3.63) is 119 Å². The Bertz CT molecular complexity index is 1510. The van der Waals surface area contributed by atoms with Crippen LogP contribution in [0.2, 0.25) is 0 Å². The third-order valence-corrected chi connectivity index (χ3v) is 5.53. The minimum absolute atomic E-state index is 0.152. The molecule has 0 aliphatic rings. The molecule has 35 heavy (non-hydrogen) atoms.